The fourth-order valence-electron chi connectivity index (χ4n) is 3.91. The van der Waals surface area contributed by atoms with E-state index in [0.717, 1.165) is 29.2 Å². The molecule has 1 aliphatic carbocycles. The van der Waals surface area contributed by atoms with E-state index in [4.69, 9.17) is 4.74 Å². The number of carbonyl (C=O) groups is 1. The molecule has 0 saturated heterocycles. The fourth-order valence-corrected chi connectivity index (χ4v) is 4.27. The van der Waals surface area contributed by atoms with E-state index in [2.05, 4.69) is 25.7 Å². The first-order valence-electron chi connectivity index (χ1n) is 11.1. The summed E-state index contributed by atoms with van der Waals surface area (Å²) < 4.78 is 7.23. The predicted octanol–water partition coefficient (Wildman–Crippen LogP) is 3.47. The Balaban J connectivity index is 1.53. The molecule has 1 saturated carbocycles. The fraction of sp³-hybridized carbons (Fsp3) is 0.714. The van der Waals surface area contributed by atoms with Gasteiger partial charge in [0.05, 0.1) is 24.7 Å². The second-order valence-corrected chi connectivity index (χ2v) is 8.45. The van der Waals surface area contributed by atoms with Gasteiger partial charge in [-0.3, -0.25) is 4.79 Å². The standard InChI is InChI=1S/C21H34N6O2S/c1-3-29-14-12-23-19-17-15-24-27(20(17)26-21(25-19)30-2)13-11-22-18(28)10-9-16-7-5-4-6-8-16/h15-16H,3-14H2,1-2H3,(H,22,28)(H,23,25,26). The van der Waals surface area contributed by atoms with E-state index in [1.807, 2.05) is 17.9 Å². The molecule has 8 nitrogen and oxygen atoms in total. The minimum Gasteiger partial charge on any atom is -0.380 e. The van der Waals surface area contributed by atoms with Crippen LogP contribution < -0.4 is 10.6 Å². The maximum Gasteiger partial charge on any atom is 0.220 e. The molecule has 9 heteroatoms. The smallest absolute Gasteiger partial charge is 0.220 e. The molecular formula is C21H34N6O2S. The molecule has 1 aliphatic rings. The molecule has 30 heavy (non-hydrogen) atoms. The predicted molar refractivity (Wildman–Crippen MR) is 121 cm³/mol. The first-order chi connectivity index (χ1) is 14.7. The lowest BCUT2D eigenvalue weighted by Gasteiger charge is -2.20. The van der Waals surface area contributed by atoms with Crippen molar-refractivity contribution in [2.75, 3.05) is 37.9 Å². The van der Waals surface area contributed by atoms with Gasteiger partial charge in [0.2, 0.25) is 5.91 Å². The number of hydrogen-bond acceptors (Lipinski definition) is 7. The summed E-state index contributed by atoms with van der Waals surface area (Å²) in [5, 5.41) is 12.4. The van der Waals surface area contributed by atoms with Crippen LogP contribution >= 0.6 is 11.8 Å². The zero-order chi connectivity index (χ0) is 21.2. The lowest BCUT2D eigenvalue weighted by atomic mass is 9.86. The van der Waals surface area contributed by atoms with Gasteiger partial charge in [0.25, 0.3) is 0 Å². The van der Waals surface area contributed by atoms with Gasteiger partial charge in [-0.1, -0.05) is 43.9 Å². The van der Waals surface area contributed by atoms with E-state index in [1.165, 1.54) is 43.9 Å². The lowest BCUT2D eigenvalue weighted by molar-refractivity contribution is -0.121. The Morgan fingerprint density at radius 2 is 2.10 bits per heavy atom. The largest absolute Gasteiger partial charge is 0.380 e. The molecule has 2 N–H and O–H groups in total. The number of anilines is 1. The molecule has 0 aliphatic heterocycles. The molecule has 0 bridgehead atoms. The molecular weight excluding hydrogens is 400 g/mol. The number of nitrogens with zero attached hydrogens (tertiary/aromatic N) is 4. The number of hydrogen-bond donors (Lipinski definition) is 2. The van der Waals surface area contributed by atoms with Crippen LogP contribution in [0, 0.1) is 5.92 Å². The first-order valence-corrected chi connectivity index (χ1v) is 12.3. The summed E-state index contributed by atoms with van der Waals surface area (Å²) in [6.07, 6.45) is 11.9. The number of fused-ring (bicyclic) bond motifs is 1. The number of carbonyl (C=O) groups excluding carboxylic acids is 1. The van der Waals surface area contributed by atoms with Crippen LogP contribution in [0.2, 0.25) is 0 Å². The zero-order valence-electron chi connectivity index (χ0n) is 18.2. The van der Waals surface area contributed by atoms with Gasteiger partial charge in [-0.2, -0.15) is 5.10 Å². The summed E-state index contributed by atoms with van der Waals surface area (Å²) in [4.78, 5) is 21.4. The Morgan fingerprint density at radius 1 is 1.27 bits per heavy atom. The average Bonchev–Trinajstić information content (AvgIpc) is 3.19. The summed E-state index contributed by atoms with van der Waals surface area (Å²) in [5.74, 6) is 1.64. The Kier molecular flexibility index (Phi) is 9.20. The van der Waals surface area contributed by atoms with Crippen LogP contribution in [0.5, 0.6) is 0 Å². The highest BCUT2D eigenvalue weighted by Crippen LogP contribution is 2.27. The minimum absolute atomic E-state index is 0.134. The van der Waals surface area contributed by atoms with E-state index in [1.54, 1.807) is 6.20 Å². The van der Waals surface area contributed by atoms with Crippen LogP contribution in [-0.2, 0) is 16.1 Å². The maximum atomic E-state index is 12.2. The van der Waals surface area contributed by atoms with Crippen molar-refractivity contribution in [2.45, 2.75) is 63.6 Å². The van der Waals surface area contributed by atoms with Crippen LogP contribution in [0.1, 0.15) is 51.9 Å². The topological polar surface area (TPSA) is 94.0 Å². The van der Waals surface area contributed by atoms with E-state index in [0.29, 0.717) is 44.4 Å². The van der Waals surface area contributed by atoms with Crippen LogP contribution in [0.15, 0.2) is 11.4 Å². The number of ether oxygens (including phenoxy) is 1. The number of amides is 1. The minimum atomic E-state index is 0.134. The average molecular weight is 435 g/mol. The van der Waals surface area contributed by atoms with Gasteiger partial charge in [-0.05, 0) is 25.5 Å². The summed E-state index contributed by atoms with van der Waals surface area (Å²) in [5.41, 5.74) is 0.782. The first kappa shape index (κ1) is 22.8. The molecule has 2 aromatic heterocycles. The van der Waals surface area contributed by atoms with Crippen molar-refractivity contribution >= 4 is 34.5 Å². The van der Waals surface area contributed by atoms with E-state index < -0.39 is 0 Å². The molecule has 1 fully saturated rings. The maximum absolute atomic E-state index is 12.2. The van der Waals surface area contributed by atoms with Gasteiger partial charge in [0.1, 0.15) is 5.82 Å². The van der Waals surface area contributed by atoms with Crippen molar-refractivity contribution < 1.29 is 9.53 Å². The number of rotatable bonds is 12. The van der Waals surface area contributed by atoms with Crippen LogP contribution in [-0.4, -0.2) is 58.2 Å². The van der Waals surface area contributed by atoms with Crippen molar-refractivity contribution in [3.63, 3.8) is 0 Å². The van der Waals surface area contributed by atoms with Gasteiger partial charge >= 0.3 is 0 Å². The normalized spacial score (nSPS) is 14.9. The Labute approximate surface area is 182 Å². The molecule has 0 aromatic carbocycles. The Morgan fingerprint density at radius 3 is 2.87 bits per heavy atom. The summed E-state index contributed by atoms with van der Waals surface area (Å²) >= 11 is 1.50. The van der Waals surface area contributed by atoms with E-state index in [9.17, 15) is 4.79 Å². The molecule has 0 unspecified atom stereocenters. The lowest BCUT2D eigenvalue weighted by Crippen LogP contribution is -2.28. The van der Waals surface area contributed by atoms with Crippen LogP contribution in [0.4, 0.5) is 5.82 Å². The van der Waals surface area contributed by atoms with E-state index >= 15 is 0 Å². The number of thioether (sulfide) groups is 1. The second-order valence-electron chi connectivity index (χ2n) is 7.68. The molecule has 2 aromatic rings. The Bertz CT molecular complexity index is 806. The van der Waals surface area contributed by atoms with Crippen LogP contribution in [0.3, 0.4) is 0 Å². The zero-order valence-corrected chi connectivity index (χ0v) is 19.0. The molecule has 0 radical (unpaired) electrons. The molecule has 0 spiro atoms. The molecule has 0 atom stereocenters. The van der Waals surface area contributed by atoms with Gasteiger partial charge in [0, 0.05) is 26.1 Å². The van der Waals surface area contributed by atoms with Gasteiger partial charge in [-0.25, -0.2) is 14.6 Å². The number of aromatic nitrogens is 4. The quantitative estimate of drug-likeness (QED) is 0.300. The second kappa shape index (κ2) is 12.1. The third kappa shape index (κ3) is 6.57. The highest BCUT2D eigenvalue weighted by molar-refractivity contribution is 7.98. The SMILES string of the molecule is CCOCCNc1nc(SC)nc2c1cnn2CCNC(=O)CCC1CCCCC1. The highest BCUT2D eigenvalue weighted by atomic mass is 32.2. The summed E-state index contributed by atoms with van der Waals surface area (Å²) in [6, 6.07) is 0. The van der Waals surface area contributed by atoms with Crippen molar-refractivity contribution in [1.82, 2.24) is 25.1 Å². The summed E-state index contributed by atoms with van der Waals surface area (Å²) in [6.45, 7) is 5.11. The highest BCUT2D eigenvalue weighted by Gasteiger charge is 2.15. The van der Waals surface area contributed by atoms with Crippen molar-refractivity contribution in [3.05, 3.63) is 6.20 Å². The van der Waals surface area contributed by atoms with Gasteiger partial charge in [0.15, 0.2) is 10.8 Å². The van der Waals surface area contributed by atoms with Gasteiger partial charge in [-0.15, -0.1) is 0 Å². The number of nitrogens with one attached hydrogen (secondary N) is 2. The molecule has 1 amide bonds. The van der Waals surface area contributed by atoms with Crippen molar-refractivity contribution in [1.29, 1.82) is 0 Å². The van der Waals surface area contributed by atoms with Crippen LogP contribution in [0.25, 0.3) is 11.0 Å². The third-order valence-corrected chi connectivity index (χ3v) is 6.10. The van der Waals surface area contributed by atoms with E-state index in [-0.39, 0.29) is 5.91 Å². The molecule has 3 rings (SSSR count). The third-order valence-electron chi connectivity index (χ3n) is 5.55. The monoisotopic (exact) mass is 434 g/mol. The van der Waals surface area contributed by atoms with Gasteiger partial charge < -0.3 is 15.4 Å². The summed E-state index contributed by atoms with van der Waals surface area (Å²) in [7, 11) is 0. The Hall–Kier alpha value is -1.87. The van der Waals surface area contributed by atoms with Crippen molar-refractivity contribution in [2.24, 2.45) is 5.92 Å². The molecule has 2 heterocycles. The van der Waals surface area contributed by atoms with Crippen molar-refractivity contribution in [3.8, 4) is 0 Å². The molecule has 166 valence electrons.